The first-order chi connectivity index (χ1) is 14.2. The minimum Gasteiger partial charge on any atom is -0.497 e. The zero-order chi connectivity index (χ0) is 22.4. The highest BCUT2D eigenvalue weighted by atomic mass is 16.5. The van der Waals surface area contributed by atoms with Crippen molar-refractivity contribution in [1.29, 1.82) is 0 Å². The molecule has 1 aromatic carbocycles. The van der Waals surface area contributed by atoms with E-state index in [1.54, 1.807) is 46.1 Å². The Kier molecular flexibility index (Phi) is 7.46. The number of nitrogens with one attached hydrogen (secondary N) is 2. The maximum absolute atomic E-state index is 12.4. The second-order valence-electron chi connectivity index (χ2n) is 6.59. The van der Waals surface area contributed by atoms with E-state index >= 15 is 0 Å². The maximum Gasteiger partial charge on any atom is 0.355 e. The minimum atomic E-state index is -0.743. The first-order valence-electron chi connectivity index (χ1n) is 9.19. The van der Waals surface area contributed by atoms with E-state index < -0.39 is 30.5 Å². The van der Waals surface area contributed by atoms with Crippen LogP contribution in [0.3, 0.4) is 0 Å². The van der Waals surface area contributed by atoms with Gasteiger partial charge in [-0.3, -0.25) is 4.79 Å². The van der Waals surface area contributed by atoms with Crippen LogP contribution in [0.1, 0.15) is 50.6 Å². The number of carbonyl (C=O) groups is 3. The van der Waals surface area contributed by atoms with Crippen LogP contribution >= 0.6 is 0 Å². The van der Waals surface area contributed by atoms with Crippen LogP contribution < -0.4 is 14.8 Å². The molecule has 0 aliphatic heterocycles. The van der Waals surface area contributed by atoms with Crippen LogP contribution in [0.15, 0.2) is 18.2 Å². The standard InChI is InChI=1S/C21H26N2O7/c1-11-18(20(25)29-6)13(3)23-19(11)21(26)30-10-17(24)22-12(2)15-9-14(27-4)7-8-16(15)28-5/h7-9,12,23H,10H2,1-6H3,(H,22,24). The molecule has 2 rings (SSSR count). The van der Waals surface area contributed by atoms with E-state index in [-0.39, 0.29) is 11.3 Å². The molecule has 1 atom stereocenters. The van der Waals surface area contributed by atoms with Crippen LogP contribution in [0.5, 0.6) is 11.5 Å². The van der Waals surface area contributed by atoms with Crippen LogP contribution in [0.4, 0.5) is 0 Å². The molecule has 0 aliphatic carbocycles. The number of aromatic amines is 1. The molecule has 30 heavy (non-hydrogen) atoms. The molecule has 0 saturated heterocycles. The van der Waals surface area contributed by atoms with Gasteiger partial charge in [0.05, 0.1) is 32.9 Å². The van der Waals surface area contributed by atoms with Crippen molar-refractivity contribution in [3.8, 4) is 11.5 Å². The average Bonchev–Trinajstić information content (AvgIpc) is 3.04. The molecule has 9 heteroatoms. The molecular formula is C21H26N2O7. The number of aromatic nitrogens is 1. The highest BCUT2D eigenvalue weighted by molar-refractivity contribution is 5.99. The van der Waals surface area contributed by atoms with Crippen molar-refractivity contribution >= 4 is 17.8 Å². The van der Waals surface area contributed by atoms with Gasteiger partial charge in [0.15, 0.2) is 6.61 Å². The third-order valence-electron chi connectivity index (χ3n) is 4.65. The number of amides is 1. The fourth-order valence-electron chi connectivity index (χ4n) is 3.10. The summed E-state index contributed by atoms with van der Waals surface area (Å²) in [4.78, 5) is 39.3. The molecule has 0 aliphatic rings. The summed E-state index contributed by atoms with van der Waals surface area (Å²) < 4.78 is 20.4. The van der Waals surface area contributed by atoms with Gasteiger partial charge in [-0.2, -0.15) is 0 Å². The predicted molar refractivity (Wildman–Crippen MR) is 108 cm³/mol. The Morgan fingerprint density at radius 2 is 1.77 bits per heavy atom. The number of carbonyl (C=O) groups excluding carboxylic acids is 3. The lowest BCUT2D eigenvalue weighted by molar-refractivity contribution is -0.124. The van der Waals surface area contributed by atoms with Gasteiger partial charge in [-0.05, 0) is 44.5 Å². The topological polar surface area (TPSA) is 116 Å². The molecule has 2 N–H and O–H groups in total. The van der Waals surface area contributed by atoms with Crippen molar-refractivity contribution in [3.05, 3.63) is 46.3 Å². The fourth-order valence-corrected chi connectivity index (χ4v) is 3.10. The Morgan fingerprint density at radius 1 is 1.07 bits per heavy atom. The molecular weight excluding hydrogens is 392 g/mol. The number of H-pyrrole nitrogens is 1. The molecule has 0 spiro atoms. The van der Waals surface area contributed by atoms with Crippen LogP contribution in [0.25, 0.3) is 0 Å². The largest absolute Gasteiger partial charge is 0.497 e. The fraction of sp³-hybridized carbons (Fsp3) is 0.381. The molecule has 0 radical (unpaired) electrons. The van der Waals surface area contributed by atoms with Crippen molar-refractivity contribution in [3.63, 3.8) is 0 Å². The summed E-state index contributed by atoms with van der Waals surface area (Å²) in [5, 5.41) is 2.75. The molecule has 162 valence electrons. The quantitative estimate of drug-likeness (QED) is 0.633. The Morgan fingerprint density at radius 3 is 2.37 bits per heavy atom. The summed E-state index contributed by atoms with van der Waals surface area (Å²) in [6, 6.07) is 4.84. The summed E-state index contributed by atoms with van der Waals surface area (Å²) in [6.45, 7) is 4.54. The molecule has 9 nitrogen and oxygen atoms in total. The number of rotatable bonds is 8. The number of hydrogen-bond acceptors (Lipinski definition) is 7. The van der Waals surface area contributed by atoms with Crippen molar-refractivity contribution in [1.82, 2.24) is 10.3 Å². The number of hydrogen-bond donors (Lipinski definition) is 2. The first-order valence-corrected chi connectivity index (χ1v) is 9.19. The minimum absolute atomic E-state index is 0.100. The van der Waals surface area contributed by atoms with Crippen LogP contribution in [0.2, 0.25) is 0 Å². The Hall–Kier alpha value is -3.49. The highest BCUT2D eigenvalue weighted by Crippen LogP contribution is 2.29. The van der Waals surface area contributed by atoms with Gasteiger partial charge in [-0.15, -0.1) is 0 Å². The Labute approximate surface area is 174 Å². The van der Waals surface area contributed by atoms with Crippen LogP contribution in [-0.4, -0.2) is 50.8 Å². The number of methoxy groups -OCH3 is 3. The van der Waals surface area contributed by atoms with Gasteiger partial charge in [0.2, 0.25) is 0 Å². The molecule has 0 saturated carbocycles. The van der Waals surface area contributed by atoms with E-state index in [2.05, 4.69) is 10.3 Å². The Balaban J connectivity index is 2.03. The molecule has 2 aromatic rings. The van der Waals surface area contributed by atoms with E-state index in [1.165, 1.54) is 14.2 Å². The molecule has 1 unspecified atom stereocenters. The smallest absolute Gasteiger partial charge is 0.355 e. The van der Waals surface area contributed by atoms with E-state index in [0.29, 0.717) is 22.8 Å². The first kappa shape index (κ1) is 22.8. The second kappa shape index (κ2) is 9.82. The van der Waals surface area contributed by atoms with E-state index in [9.17, 15) is 14.4 Å². The summed E-state index contributed by atoms with van der Waals surface area (Å²) in [7, 11) is 4.34. The summed E-state index contributed by atoms with van der Waals surface area (Å²) >= 11 is 0. The maximum atomic E-state index is 12.4. The third-order valence-corrected chi connectivity index (χ3v) is 4.65. The van der Waals surface area contributed by atoms with Gasteiger partial charge in [-0.25, -0.2) is 9.59 Å². The number of esters is 2. The molecule has 0 bridgehead atoms. The monoisotopic (exact) mass is 418 g/mol. The van der Waals surface area contributed by atoms with Gasteiger partial charge in [-0.1, -0.05) is 0 Å². The lowest BCUT2D eigenvalue weighted by atomic mass is 10.1. The van der Waals surface area contributed by atoms with Crippen LogP contribution in [-0.2, 0) is 14.3 Å². The third kappa shape index (κ3) is 4.91. The molecule has 1 heterocycles. The molecule has 0 fully saturated rings. The van der Waals surface area contributed by atoms with Crippen LogP contribution in [0, 0.1) is 13.8 Å². The van der Waals surface area contributed by atoms with Gasteiger partial charge in [0.25, 0.3) is 5.91 Å². The van der Waals surface area contributed by atoms with Gasteiger partial charge < -0.3 is 29.2 Å². The predicted octanol–water partition coefficient (Wildman–Crippen LogP) is 2.47. The number of ether oxygens (including phenoxy) is 4. The summed E-state index contributed by atoms with van der Waals surface area (Å²) in [5.74, 6) is -0.577. The zero-order valence-corrected chi connectivity index (χ0v) is 17.9. The van der Waals surface area contributed by atoms with Gasteiger partial charge >= 0.3 is 11.9 Å². The number of aryl methyl sites for hydroxylation is 1. The lowest BCUT2D eigenvalue weighted by Gasteiger charge is -2.18. The van der Waals surface area contributed by atoms with E-state index in [4.69, 9.17) is 18.9 Å². The average molecular weight is 418 g/mol. The summed E-state index contributed by atoms with van der Waals surface area (Å²) in [5.41, 5.74) is 1.97. The Bertz CT molecular complexity index is 949. The number of benzene rings is 1. The van der Waals surface area contributed by atoms with Crippen molar-refractivity contribution in [2.45, 2.75) is 26.8 Å². The lowest BCUT2D eigenvalue weighted by Crippen LogP contribution is -2.31. The van der Waals surface area contributed by atoms with Crippen molar-refractivity contribution < 1.29 is 33.3 Å². The SMILES string of the molecule is COC(=O)c1c(C)[nH]c(C(=O)OCC(=O)NC(C)c2cc(OC)ccc2OC)c1C. The van der Waals surface area contributed by atoms with Crippen molar-refractivity contribution in [2.24, 2.45) is 0 Å². The van der Waals surface area contributed by atoms with Gasteiger partial charge in [0, 0.05) is 11.3 Å². The molecule has 1 aromatic heterocycles. The highest BCUT2D eigenvalue weighted by Gasteiger charge is 2.24. The normalized spacial score (nSPS) is 11.4. The van der Waals surface area contributed by atoms with Crippen molar-refractivity contribution in [2.75, 3.05) is 27.9 Å². The molecule has 1 amide bonds. The zero-order valence-electron chi connectivity index (χ0n) is 17.9. The van der Waals surface area contributed by atoms with E-state index in [1.807, 2.05) is 0 Å². The second-order valence-corrected chi connectivity index (χ2v) is 6.59. The van der Waals surface area contributed by atoms with E-state index in [0.717, 1.165) is 5.56 Å². The summed E-state index contributed by atoms with van der Waals surface area (Å²) in [6.07, 6.45) is 0. The van der Waals surface area contributed by atoms with Gasteiger partial charge in [0.1, 0.15) is 17.2 Å².